The van der Waals surface area contributed by atoms with Gasteiger partial charge in [-0.05, 0) is 20.8 Å². The first-order chi connectivity index (χ1) is 8.67. The Hall–Kier alpha value is -1.15. The lowest BCUT2D eigenvalue weighted by molar-refractivity contribution is -0.105. The molecular formula is C11H20N2O5S. The average Bonchev–Trinajstić information content (AvgIpc) is 2.26. The molecule has 0 radical (unpaired) electrons. The molecule has 1 aliphatic rings. The number of nitrogens with one attached hydrogen (secondary N) is 1. The Labute approximate surface area is 113 Å². The molecule has 0 aromatic carbocycles. The van der Waals surface area contributed by atoms with Crippen LogP contribution in [0.3, 0.4) is 0 Å². The van der Waals surface area contributed by atoms with Crippen molar-refractivity contribution in [3.63, 3.8) is 0 Å². The number of nitrogens with zero attached hydrogens (tertiary/aromatic N) is 1. The minimum Gasteiger partial charge on any atom is -0.444 e. The maximum Gasteiger partial charge on any atom is 0.411 e. The maximum atomic E-state index is 12.0. The lowest BCUT2D eigenvalue weighted by Crippen LogP contribution is -2.58. The quantitative estimate of drug-likeness (QED) is 0.722. The van der Waals surface area contributed by atoms with Gasteiger partial charge in [-0.15, -0.1) is 0 Å². The smallest absolute Gasteiger partial charge is 0.411 e. The first kappa shape index (κ1) is 15.9. The van der Waals surface area contributed by atoms with Gasteiger partial charge in [-0.3, -0.25) is 4.90 Å². The summed E-state index contributed by atoms with van der Waals surface area (Å²) in [7, 11) is -3.69. The number of piperazine rings is 1. The van der Waals surface area contributed by atoms with E-state index in [9.17, 15) is 18.0 Å². The molecule has 0 aromatic rings. The van der Waals surface area contributed by atoms with Crippen molar-refractivity contribution in [2.45, 2.75) is 31.7 Å². The van der Waals surface area contributed by atoms with Crippen LogP contribution in [0.2, 0.25) is 0 Å². The van der Waals surface area contributed by atoms with E-state index in [4.69, 9.17) is 4.74 Å². The zero-order valence-electron chi connectivity index (χ0n) is 11.4. The number of ether oxygens (including phenoxy) is 1. The second-order valence-electron chi connectivity index (χ2n) is 5.33. The average molecular weight is 292 g/mol. The first-order valence-electron chi connectivity index (χ1n) is 6.03. The molecule has 0 spiro atoms. The highest BCUT2D eigenvalue weighted by molar-refractivity contribution is 7.92. The van der Waals surface area contributed by atoms with Gasteiger partial charge in [0.05, 0.1) is 0 Å². The van der Waals surface area contributed by atoms with Crippen LogP contribution in [-0.2, 0) is 19.4 Å². The third-order valence-electron chi connectivity index (χ3n) is 2.54. The Morgan fingerprint density at radius 2 is 2.11 bits per heavy atom. The number of carbonyl (C=O) groups excluding carboxylic acids is 2. The first-order valence-corrected chi connectivity index (χ1v) is 7.74. The van der Waals surface area contributed by atoms with Gasteiger partial charge in [0.15, 0.2) is 9.84 Å². The Kier molecular flexibility index (Phi) is 4.92. The second kappa shape index (κ2) is 5.87. The summed E-state index contributed by atoms with van der Waals surface area (Å²) in [5.41, 5.74) is -0.694. The fourth-order valence-electron chi connectivity index (χ4n) is 1.74. The number of rotatable bonds is 3. The van der Waals surface area contributed by atoms with Gasteiger partial charge < -0.3 is 14.8 Å². The van der Waals surface area contributed by atoms with E-state index in [-0.39, 0.29) is 13.1 Å². The van der Waals surface area contributed by atoms with Crippen LogP contribution < -0.4 is 5.32 Å². The van der Waals surface area contributed by atoms with Gasteiger partial charge in [-0.25, -0.2) is 13.2 Å². The lowest BCUT2D eigenvalue weighted by atomic mass is 10.2. The summed E-state index contributed by atoms with van der Waals surface area (Å²) in [6.07, 6.45) is -0.342. The SMILES string of the molecule is CC(C)(C)OC(=O)N1CCNC[C@@H]1S(=O)(=O)CC=O. The third kappa shape index (κ3) is 4.46. The van der Waals surface area contributed by atoms with Crippen LogP contribution in [0, 0.1) is 0 Å². The van der Waals surface area contributed by atoms with Crippen molar-refractivity contribution < 1.29 is 22.7 Å². The molecule has 1 amide bonds. The van der Waals surface area contributed by atoms with E-state index in [0.29, 0.717) is 12.8 Å². The van der Waals surface area contributed by atoms with Crippen LogP contribution in [-0.4, -0.2) is 62.1 Å². The van der Waals surface area contributed by atoms with Crippen LogP contribution >= 0.6 is 0 Å². The Morgan fingerprint density at radius 1 is 1.47 bits per heavy atom. The molecule has 8 heteroatoms. The summed E-state index contributed by atoms with van der Waals surface area (Å²) in [5, 5.41) is 1.85. The summed E-state index contributed by atoms with van der Waals surface area (Å²) in [6.45, 7) is 5.96. The Balaban J connectivity index is 2.90. The summed E-state index contributed by atoms with van der Waals surface area (Å²) >= 11 is 0. The minimum absolute atomic E-state index is 0.107. The van der Waals surface area contributed by atoms with E-state index in [1.807, 2.05) is 0 Å². The molecule has 1 aliphatic heterocycles. The van der Waals surface area contributed by atoms with Gasteiger partial charge in [0, 0.05) is 19.6 Å². The molecule has 110 valence electrons. The van der Waals surface area contributed by atoms with Gasteiger partial charge in [0.2, 0.25) is 0 Å². The number of amides is 1. The standard InChI is InChI=1S/C11H20N2O5S/c1-11(2,3)18-10(15)13-5-4-12-8-9(13)19(16,17)7-6-14/h6,9,12H,4-5,7-8H2,1-3H3/t9-/m0/s1. The van der Waals surface area contributed by atoms with Crippen molar-refractivity contribution in [1.82, 2.24) is 10.2 Å². The molecular weight excluding hydrogens is 272 g/mol. The molecule has 7 nitrogen and oxygen atoms in total. The van der Waals surface area contributed by atoms with E-state index in [2.05, 4.69) is 5.32 Å². The van der Waals surface area contributed by atoms with E-state index in [1.165, 1.54) is 4.90 Å². The molecule has 1 saturated heterocycles. The normalized spacial score (nSPS) is 21.0. The molecule has 1 fully saturated rings. The van der Waals surface area contributed by atoms with Gasteiger partial charge >= 0.3 is 6.09 Å². The van der Waals surface area contributed by atoms with E-state index in [0.717, 1.165) is 0 Å². The molecule has 1 atom stereocenters. The third-order valence-corrected chi connectivity index (χ3v) is 4.39. The van der Waals surface area contributed by atoms with Crippen LogP contribution in [0.15, 0.2) is 0 Å². The topological polar surface area (TPSA) is 92.8 Å². The largest absolute Gasteiger partial charge is 0.444 e. The van der Waals surface area contributed by atoms with Crippen LogP contribution in [0.25, 0.3) is 0 Å². The molecule has 0 aromatic heterocycles. The number of hydrogen-bond acceptors (Lipinski definition) is 6. The highest BCUT2D eigenvalue weighted by Gasteiger charge is 2.38. The molecule has 1 rings (SSSR count). The molecule has 1 N–H and O–H groups in total. The van der Waals surface area contributed by atoms with Crippen molar-refractivity contribution >= 4 is 22.2 Å². The fourth-order valence-corrected chi connectivity index (χ4v) is 3.10. The van der Waals surface area contributed by atoms with E-state index in [1.54, 1.807) is 20.8 Å². The molecule has 0 bridgehead atoms. The van der Waals surface area contributed by atoms with Crippen molar-refractivity contribution in [3.8, 4) is 0 Å². The van der Waals surface area contributed by atoms with Crippen molar-refractivity contribution in [2.24, 2.45) is 0 Å². The number of carbonyl (C=O) groups is 2. The van der Waals surface area contributed by atoms with Gasteiger partial charge in [-0.2, -0.15) is 0 Å². The van der Waals surface area contributed by atoms with Gasteiger partial charge in [0.1, 0.15) is 23.0 Å². The van der Waals surface area contributed by atoms with Crippen molar-refractivity contribution in [3.05, 3.63) is 0 Å². The molecule has 0 unspecified atom stereocenters. The molecule has 0 saturated carbocycles. The lowest BCUT2D eigenvalue weighted by Gasteiger charge is -2.36. The van der Waals surface area contributed by atoms with Crippen LogP contribution in [0.1, 0.15) is 20.8 Å². The summed E-state index contributed by atoms with van der Waals surface area (Å²) < 4.78 is 29.1. The highest BCUT2D eigenvalue weighted by atomic mass is 32.2. The van der Waals surface area contributed by atoms with Gasteiger partial charge in [-0.1, -0.05) is 0 Å². The molecule has 1 heterocycles. The maximum absolute atomic E-state index is 12.0. The highest BCUT2D eigenvalue weighted by Crippen LogP contribution is 2.16. The van der Waals surface area contributed by atoms with Crippen LogP contribution in [0.5, 0.6) is 0 Å². The number of hydrogen-bond donors (Lipinski definition) is 1. The second-order valence-corrected chi connectivity index (χ2v) is 7.53. The summed E-state index contributed by atoms with van der Waals surface area (Å²) in [4.78, 5) is 23.6. The molecule has 19 heavy (non-hydrogen) atoms. The summed E-state index contributed by atoms with van der Waals surface area (Å²) in [6, 6.07) is 0. The number of sulfone groups is 1. The Bertz CT molecular complexity index is 440. The Morgan fingerprint density at radius 3 is 2.63 bits per heavy atom. The summed E-state index contributed by atoms with van der Waals surface area (Å²) in [5.74, 6) is -0.599. The van der Waals surface area contributed by atoms with E-state index < -0.39 is 32.7 Å². The zero-order valence-corrected chi connectivity index (χ0v) is 12.2. The predicted octanol–water partition coefficient (Wildman–Crippen LogP) is -0.233. The fraction of sp³-hybridized carbons (Fsp3) is 0.818. The van der Waals surface area contributed by atoms with Crippen LogP contribution in [0.4, 0.5) is 4.79 Å². The van der Waals surface area contributed by atoms with Gasteiger partial charge in [0.25, 0.3) is 0 Å². The predicted molar refractivity (Wildman–Crippen MR) is 69.4 cm³/mol. The zero-order chi connectivity index (χ0) is 14.7. The van der Waals surface area contributed by atoms with E-state index >= 15 is 0 Å². The van der Waals surface area contributed by atoms with Crippen molar-refractivity contribution in [2.75, 3.05) is 25.4 Å². The molecule has 0 aliphatic carbocycles. The monoisotopic (exact) mass is 292 g/mol. The van der Waals surface area contributed by atoms with Crippen molar-refractivity contribution in [1.29, 1.82) is 0 Å². The minimum atomic E-state index is -3.69. The number of aldehydes is 1.